The van der Waals surface area contributed by atoms with Crippen molar-refractivity contribution in [3.63, 3.8) is 0 Å². The summed E-state index contributed by atoms with van der Waals surface area (Å²) >= 11 is 0. The molecule has 23 heavy (non-hydrogen) atoms. The van der Waals surface area contributed by atoms with Gasteiger partial charge in [0.05, 0.1) is 6.20 Å². The number of nitrogens with one attached hydrogen (secondary N) is 2. The molecule has 0 spiro atoms. The molecule has 0 saturated heterocycles. The molecule has 2 aliphatic carbocycles. The molecule has 130 valence electrons. The van der Waals surface area contributed by atoms with Crippen molar-refractivity contribution in [1.29, 1.82) is 0 Å². The van der Waals surface area contributed by atoms with Gasteiger partial charge in [0.1, 0.15) is 0 Å². The molecule has 1 heterocycles. The van der Waals surface area contributed by atoms with Crippen molar-refractivity contribution < 1.29 is 0 Å². The smallest absolute Gasteiger partial charge is 0.191 e. The van der Waals surface area contributed by atoms with E-state index < -0.39 is 0 Å². The molecule has 1 aromatic rings. The standard InChI is InChI=1S/C17H29N5.HI/c1-18-17(19-10-13-11-20-22(2)12-13)21-16-8-7-14-5-3-4-6-15(14)9-16;/h11-12,14-16H,3-10H2,1-2H3,(H2,18,19,21);1H. The molecule has 3 rings (SSSR count). The SMILES string of the molecule is CN=C(NCc1cnn(C)c1)NC1CCC2CCCCC2C1.I. The Bertz CT molecular complexity index is 513. The van der Waals surface area contributed by atoms with Crippen molar-refractivity contribution >= 4 is 29.9 Å². The normalized spacial score (nSPS) is 27.7. The van der Waals surface area contributed by atoms with Gasteiger partial charge in [-0.15, -0.1) is 24.0 Å². The number of fused-ring (bicyclic) bond motifs is 1. The molecule has 0 amide bonds. The van der Waals surface area contributed by atoms with Gasteiger partial charge in [-0.05, 0) is 31.1 Å². The highest BCUT2D eigenvalue weighted by molar-refractivity contribution is 14.0. The number of hydrogen-bond acceptors (Lipinski definition) is 2. The summed E-state index contributed by atoms with van der Waals surface area (Å²) in [6.07, 6.45) is 13.7. The maximum absolute atomic E-state index is 4.38. The van der Waals surface area contributed by atoms with E-state index in [0.717, 1.165) is 24.3 Å². The molecule has 2 N–H and O–H groups in total. The molecule has 0 aromatic carbocycles. The second-order valence-electron chi connectivity index (χ2n) is 6.91. The van der Waals surface area contributed by atoms with E-state index in [4.69, 9.17) is 0 Å². The molecule has 0 bridgehead atoms. The average Bonchev–Trinajstić information content (AvgIpc) is 2.96. The van der Waals surface area contributed by atoms with Crippen LogP contribution >= 0.6 is 24.0 Å². The summed E-state index contributed by atoms with van der Waals surface area (Å²) in [5, 5.41) is 11.2. The summed E-state index contributed by atoms with van der Waals surface area (Å²) in [7, 11) is 3.80. The second-order valence-corrected chi connectivity index (χ2v) is 6.91. The molecule has 2 saturated carbocycles. The monoisotopic (exact) mass is 431 g/mol. The van der Waals surface area contributed by atoms with E-state index in [-0.39, 0.29) is 24.0 Å². The largest absolute Gasteiger partial charge is 0.354 e. The Morgan fingerprint density at radius 3 is 2.74 bits per heavy atom. The Morgan fingerprint density at radius 1 is 1.26 bits per heavy atom. The maximum Gasteiger partial charge on any atom is 0.191 e. The van der Waals surface area contributed by atoms with Gasteiger partial charge in [0.15, 0.2) is 5.96 Å². The average molecular weight is 431 g/mol. The van der Waals surface area contributed by atoms with Crippen LogP contribution in [0.2, 0.25) is 0 Å². The van der Waals surface area contributed by atoms with Crippen LogP contribution in [-0.4, -0.2) is 28.8 Å². The van der Waals surface area contributed by atoms with Crippen LogP contribution in [0.15, 0.2) is 17.4 Å². The first-order valence-corrected chi connectivity index (χ1v) is 8.69. The van der Waals surface area contributed by atoms with Gasteiger partial charge in [0.2, 0.25) is 0 Å². The molecule has 0 aliphatic heterocycles. The first-order valence-electron chi connectivity index (χ1n) is 8.69. The minimum Gasteiger partial charge on any atom is -0.354 e. The van der Waals surface area contributed by atoms with Gasteiger partial charge in [-0.1, -0.05) is 25.7 Å². The number of aliphatic imine (C=N–C) groups is 1. The van der Waals surface area contributed by atoms with Crippen molar-refractivity contribution in [2.75, 3.05) is 7.05 Å². The van der Waals surface area contributed by atoms with Crippen LogP contribution < -0.4 is 10.6 Å². The van der Waals surface area contributed by atoms with E-state index in [1.54, 1.807) is 0 Å². The summed E-state index contributed by atoms with van der Waals surface area (Å²) in [5.74, 6) is 2.86. The van der Waals surface area contributed by atoms with E-state index in [1.165, 1.54) is 50.5 Å². The Kier molecular flexibility index (Phi) is 7.17. The van der Waals surface area contributed by atoms with Crippen molar-refractivity contribution in [3.05, 3.63) is 18.0 Å². The first-order chi connectivity index (χ1) is 10.7. The lowest BCUT2D eigenvalue weighted by Gasteiger charge is -2.39. The van der Waals surface area contributed by atoms with Crippen LogP contribution in [0.4, 0.5) is 0 Å². The van der Waals surface area contributed by atoms with Crippen LogP contribution in [0.25, 0.3) is 0 Å². The van der Waals surface area contributed by atoms with E-state index >= 15 is 0 Å². The van der Waals surface area contributed by atoms with Crippen molar-refractivity contribution in [3.8, 4) is 0 Å². The highest BCUT2D eigenvalue weighted by Crippen LogP contribution is 2.40. The minimum absolute atomic E-state index is 0. The van der Waals surface area contributed by atoms with Crippen molar-refractivity contribution in [1.82, 2.24) is 20.4 Å². The molecule has 3 unspecified atom stereocenters. The van der Waals surface area contributed by atoms with Gasteiger partial charge in [0.25, 0.3) is 0 Å². The predicted octanol–water partition coefficient (Wildman–Crippen LogP) is 3.06. The summed E-state index contributed by atoms with van der Waals surface area (Å²) in [6.45, 7) is 0.770. The summed E-state index contributed by atoms with van der Waals surface area (Å²) in [5.41, 5.74) is 1.18. The zero-order valence-corrected chi connectivity index (χ0v) is 16.6. The van der Waals surface area contributed by atoms with E-state index in [9.17, 15) is 0 Å². The number of hydrogen-bond donors (Lipinski definition) is 2. The van der Waals surface area contributed by atoms with Gasteiger partial charge < -0.3 is 10.6 Å². The van der Waals surface area contributed by atoms with E-state index in [0.29, 0.717) is 6.04 Å². The lowest BCUT2D eigenvalue weighted by Crippen LogP contribution is -2.46. The zero-order valence-electron chi connectivity index (χ0n) is 14.3. The summed E-state index contributed by atoms with van der Waals surface area (Å²) in [6, 6.07) is 0.583. The summed E-state index contributed by atoms with van der Waals surface area (Å²) in [4.78, 5) is 4.38. The molecule has 2 fully saturated rings. The number of aromatic nitrogens is 2. The fourth-order valence-corrected chi connectivity index (χ4v) is 4.14. The Labute approximate surface area is 156 Å². The molecule has 1 aromatic heterocycles. The molecule has 5 nitrogen and oxygen atoms in total. The molecular weight excluding hydrogens is 401 g/mol. The topological polar surface area (TPSA) is 54.2 Å². The van der Waals surface area contributed by atoms with Gasteiger partial charge in [-0.3, -0.25) is 9.67 Å². The highest BCUT2D eigenvalue weighted by atomic mass is 127. The quantitative estimate of drug-likeness (QED) is 0.440. The van der Waals surface area contributed by atoms with E-state index in [1.807, 2.05) is 31.2 Å². The third-order valence-electron chi connectivity index (χ3n) is 5.32. The maximum atomic E-state index is 4.38. The van der Waals surface area contributed by atoms with Gasteiger partial charge in [-0.2, -0.15) is 5.10 Å². The Hall–Kier alpha value is -0.790. The second kappa shape index (κ2) is 8.89. The number of guanidine groups is 1. The molecule has 6 heteroatoms. The Balaban J connectivity index is 0.00000192. The molecule has 3 atom stereocenters. The van der Waals surface area contributed by atoms with Crippen LogP contribution in [0.3, 0.4) is 0 Å². The van der Waals surface area contributed by atoms with Crippen molar-refractivity contribution in [2.45, 2.75) is 57.5 Å². The third kappa shape index (κ3) is 5.09. The number of rotatable bonds is 3. The zero-order chi connectivity index (χ0) is 15.4. The van der Waals surface area contributed by atoms with Gasteiger partial charge >= 0.3 is 0 Å². The lowest BCUT2D eigenvalue weighted by atomic mass is 9.69. The fraction of sp³-hybridized carbons (Fsp3) is 0.765. The van der Waals surface area contributed by atoms with Crippen LogP contribution in [0.1, 0.15) is 50.5 Å². The first kappa shape index (κ1) is 18.5. The third-order valence-corrected chi connectivity index (χ3v) is 5.32. The molecule has 2 aliphatic rings. The number of halogens is 1. The number of aryl methyl sites for hydroxylation is 1. The van der Waals surface area contributed by atoms with Crippen molar-refractivity contribution in [2.24, 2.45) is 23.9 Å². The highest BCUT2D eigenvalue weighted by Gasteiger charge is 2.32. The van der Waals surface area contributed by atoms with Crippen LogP contribution in [0, 0.1) is 11.8 Å². The minimum atomic E-state index is 0. The van der Waals surface area contributed by atoms with Gasteiger partial charge in [-0.25, -0.2) is 0 Å². The predicted molar refractivity (Wildman–Crippen MR) is 105 cm³/mol. The van der Waals surface area contributed by atoms with Crippen LogP contribution in [-0.2, 0) is 13.6 Å². The molecule has 0 radical (unpaired) electrons. The van der Waals surface area contributed by atoms with Gasteiger partial charge in [0, 0.05) is 38.4 Å². The van der Waals surface area contributed by atoms with Crippen LogP contribution in [0.5, 0.6) is 0 Å². The fourth-order valence-electron chi connectivity index (χ4n) is 4.14. The number of nitrogens with zero attached hydrogens (tertiary/aromatic N) is 3. The van der Waals surface area contributed by atoms with E-state index in [2.05, 4.69) is 20.7 Å². The lowest BCUT2D eigenvalue weighted by molar-refractivity contribution is 0.150. The summed E-state index contributed by atoms with van der Waals surface area (Å²) < 4.78 is 1.83. The Morgan fingerprint density at radius 2 is 2.04 bits per heavy atom. The molecular formula is C17H30IN5.